The molecule has 0 atom stereocenters. The van der Waals surface area contributed by atoms with E-state index in [0.717, 1.165) is 5.75 Å². The molecule has 5 heteroatoms. The van der Waals surface area contributed by atoms with E-state index in [4.69, 9.17) is 14.9 Å². The minimum absolute atomic E-state index is 0.119. The molecule has 0 saturated carbocycles. The van der Waals surface area contributed by atoms with Crippen molar-refractivity contribution in [3.8, 4) is 5.75 Å². The lowest BCUT2D eigenvalue weighted by Crippen LogP contribution is -2.11. The SMILES string of the molecule is CC(C)Oc1ccc(NC(=O)c2ccc(CN)o2)cc1. The summed E-state index contributed by atoms with van der Waals surface area (Å²) >= 11 is 0. The number of hydrogen-bond acceptors (Lipinski definition) is 4. The van der Waals surface area contributed by atoms with Crippen LogP contribution in [0.4, 0.5) is 5.69 Å². The lowest BCUT2D eigenvalue weighted by Gasteiger charge is -2.10. The Kier molecular flexibility index (Phi) is 4.42. The summed E-state index contributed by atoms with van der Waals surface area (Å²) in [6.45, 7) is 4.19. The third-order valence-corrected chi connectivity index (χ3v) is 2.57. The molecular weight excluding hydrogens is 256 g/mol. The summed E-state index contributed by atoms with van der Waals surface area (Å²) in [5.41, 5.74) is 6.11. The van der Waals surface area contributed by atoms with E-state index in [2.05, 4.69) is 5.32 Å². The van der Waals surface area contributed by atoms with Crippen LogP contribution < -0.4 is 15.8 Å². The van der Waals surface area contributed by atoms with Gasteiger partial charge in [0.1, 0.15) is 11.5 Å². The van der Waals surface area contributed by atoms with Crippen LogP contribution in [0, 0.1) is 0 Å². The van der Waals surface area contributed by atoms with Gasteiger partial charge in [0.05, 0.1) is 12.6 Å². The second kappa shape index (κ2) is 6.25. The van der Waals surface area contributed by atoms with Crippen LogP contribution >= 0.6 is 0 Å². The maximum Gasteiger partial charge on any atom is 0.291 e. The fourth-order valence-electron chi connectivity index (χ4n) is 1.69. The van der Waals surface area contributed by atoms with Crippen LogP contribution in [0.25, 0.3) is 0 Å². The van der Waals surface area contributed by atoms with Gasteiger partial charge in [-0.3, -0.25) is 4.79 Å². The van der Waals surface area contributed by atoms with Crippen molar-refractivity contribution in [1.29, 1.82) is 0 Å². The Morgan fingerprint density at radius 3 is 2.50 bits per heavy atom. The number of amides is 1. The van der Waals surface area contributed by atoms with Crippen molar-refractivity contribution in [3.05, 3.63) is 47.9 Å². The third kappa shape index (κ3) is 3.61. The number of ether oxygens (including phenoxy) is 1. The first-order valence-electron chi connectivity index (χ1n) is 6.45. The normalized spacial score (nSPS) is 10.6. The van der Waals surface area contributed by atoms with Crippen LogP contribution in [0.3, 0.4) is 0 Å². The molecule has 0 saturated heterocycles. The number of benzene rings is 1. The monoisotopic (exact) mass is 274 g/mol. The maximum atomic E-state index is 11.9. The van der Waals surface area contributed by atoms with E-state index in [-0.39, 0.29) is 24.3 Å². The molecule has 3 N–H and O–H groups in total. The summed E-state index contributed by atoms with van der Waals surface area (Å²) in [7, 11) is 0. The van der Waals surface area contributed by atoms with Crippen molar-refractivity contribution < 1.29 is 13.9 Å². The zero-order valence-corrected chi connectivity index (χ0v) is 11.6. The summed E-state index contributed by atoms with van der Waals surface area (Å²) in [6.07, 6.45) is 0.119. The molecule has 0 radical (unpaired) electrons. The van der Waals surface area contributed by atoms with Crippen molar-refractivity contribution in [2.45, 2.75) is 26.5 Å². The molecule has 1 aromatic heterocycles. The van der Waals surface area contributed by atoms with Gasteiger partial charge in [0.25, 0.3) is 5.91 Å². The predicted octanol–water partition coefficient (Wildman–Crippen LogP) is 2.78. The summed E-state index contributed by atoms with van der Waals surface area (Å²) in [5, 5.41) is 2.75. The minimum atomic E-state index is -0.303. The molecule has 1 aromatic carbocycles. The van der Waals surface area contributed by atoms with E-state index < -0.39 is 0 Å². The molecule has 5 nitrogen and oxygen atoms in total. The largest absolute Gasteiger partial charge is 0.491 e. The Labute approximate surface area is 117 Å². The van der Waals surface area contributed by atoms with Gasteiger partial charge in [-0.1, -0.05) is 0 Å². The van der Waals surface area contributed by atoms with Gasteiger partial charge in [-0.15, -0.1) is 0 Å². The minimum Gasteiger partial charge on any atom is -0.491 e. The standard InChI is InChI=1S/C15H18N2O3/c1-10(2)19-12-5-3-11(4-6-12)17-15(18)14-8-7-13(9-16)20-14/h3-8,10H,9,16H2,1-2H3,(H,17,18). The highest BCUT2D eigenvalue weighted by Crippen LogP contribution is 2.18. The van der Waals surface area contributed by atoms with E-state index in [1.165, 1.54) is 0 Å². The maximum absolute atomic E-state index is 11.9. The van der Waals surface area contributed by atoms with E-state index in [9.17, 15) is 4.79 Å². The molecule has 0 bridgehead atoms. The lowest BCUT2D eigenvalue weighted by atomic mass is 10.3. The molecule has 106 valence electrons. The average Bonchev–Trinajstić information content (AvgIpc) is 2.89. The van der Waals surface area contributed by atoms with E-state index in [0.29, 0.717) is 11.4 Å². The number of furan rings is 1. The van der Waals surface area contributed by atoms with E-state index >= 15 is 0 Å². The topological polar surface area (TPSA) is 77.5 Å². The van der Waals surface area contributed by atoms with Crippen molar-refractivity contribution in [1.82, 2.24) is 0 Å². The van der Waals surface area contributed by atoms with Gasteiger partial charge in [-0.25, -0.2) is 0 Å². The molecule has 0 aliphatic rings. The van der Waals surface area contributed by atoms with Crippen LogP contribution in [-0.2, 0) is 6.54 Å². The smallest absolute Gasteiger partial charge is 0.291 e. The second-order valence-corrected chi connectivity index (χ2v) is 4.62. The average molecular weight is 274 g/mol. The Morgan fingerprint density at radius 1 is 1.25 bits per heavy atom. The molecule has 0 aliphatic heterocycles. The van der Waals surface area contributed by atoms with Crippen LogP contribution in [0.15, 0.2) is 40.8 Å². The number of hydrogen-bond donors (Lipinski definition) is 2. The van der Waals surface area contributed by atoms with Crippen LogP contribution in [0.5, 0.6) is 5.75 Å². The summed E-state index contributed by atoms with van der Waals surface area (Å²) in [4.78, 5) is 11.9. The second-order valence-electron chi connectivity index (χ2n) is 4.62. The van der Waals surface area contributed by atoms with Crippen LogP contribution in [-0.4, -0.2) is 12.0 Å². The van der Waals surface area contributed by atoms with Gasteiger partial charge in [0, 0.05) is 5.69 Å². The molecular formula is C15H18N2O3. The summed E-state index contributed by atoms with van der Waals surface area (Å²) in [5.74, 6) is 1.28. The zero-order valence-electron chi connectivity index (χ0n) is 11.6. The molecule has 2 aromatic rings. The molecule has 0 fully saturated rings. The van der Waals surface area contributed by atoms with Crippen LogP contribution in [0.2, 0.25) is 0 Å². The fraction of sp³-hybridized carbons (Fsp3) is 0.267. The number of nitrogens with two attached hydrogens (primary N) is 1. The highest BCUT2D eigenvalue weighted by Gasteiger charge is 2.11. The van der Waals surface area contributed by atoms with Gasteiger partial charge in [0.2, 0.25) is 0 Å². The summed E-state index contributed by atoms with van der Waals surface area (Å²) in [6, 6.07) is 10.5. The first-order valence-corrected chi connectivity index (χ1v) is 6.45. The molecule has 20 heavy (non-hydrogen) atoms. The molecule has 1 amide bonds. The Morgan fingerprint density at radius 2 is 1.95 bits per heavy atom. The van der Waals surface area contributed by atoms with Gasteiger partial charge in [-0.05, 0) is 50.2 Å². The highest BCUT2D eigenvalue weighted by molar-refractivity contribution is 6.02. The Bertz CT molecular complexity index is 573. The number of rotatable bonds is 5. The summed E-state index contributed by atoms with van der Waals surface area (Å²) < 4.78 is 10.8. The molecule has 0 unspecified atom stereocenters. The first kappa shape index (κ1) is 14.1. The van der Waals surface area contributed by atoms with E-state index in [1.54, 1.807) is 24.3 Å². The van der Waals surface area contributed by atoms with Crippen molar-refractivity contribution in [2.75, 3.05) is 5.32 Å². The van der Waals surface area contributed by atoms with Crippen LogP contribution in [0.1, 0.15) is 30.2 Å². The van der Waals surface area contributed by atoms with Crippen molar-refractivity contribution in [3.63, 3.8) is 0 Å². The van der Waals surface area contributed by atoms with Crippen molar-refractivity contribution in [2.24, 2.45) is 5.73 Å². The molecule has 1 heterocycles. The Balaban J connectivity index is 2.00. The van der Waals surface area contributed by atoms with Gasteiger partial charge in [0.15, 0.2) is 5.76 Å². The van der Waals surface area contributed by atoms with Gasteiger partial charge < -0.3 is 20.2 Å². The van der Waals surface area contributed by atoms with Gasteiger partial charge >= 0.3 is 0 Å². The van der Waals surface area contributed by atoms with E-state index in [1.807, 2.05) is 26.0 Å². The molecule has 0 spiro atoms. The fourth-order valence-corrected chi connectivity index (χ4v) is 1.69. The zero-order chi connectivity index (χ0) is 14.5. The lowest BCUT2D eigenvalue weighted by molar-refractivity contribution is 0.0995. The Hall–Kier alpha value is -2.27. The quantitative estimate of drug-likeness (QED) is 0.878. The number of nitrogens with one attached hydrogen (secondary N) is 1. The number of anilines is 1. The number of carbonyl (C=O) groups excluding carboxylic acids is 1. The molecule has 0 aliphatic carbocycles. The number of carbonyl (C=O) groups is 1. The molecule has 2 rings (SSSR count). The van der Waals surface area contributed by atoms with Gasteiger partial charge in [-0.2, -0.15) is 0 Å². The van der Waals surface area contributed by atoms with Crippen molar-refractivity contribution >= 4 is 11.6 Å². The third-order valence-electron chi connectivity index (χ3n) is 2.57. The predicted molar refractivity (Wildman–Crippen MR) is 76.8 cm³/mol. The highest BCUT2D eigenvalue weighted by atomic mass is 16.5. The first-order chi connectivity index (χ1) is 9.58.